The van der Waals surface area contributed by atoms with Gasteiger partial charge in [-0.3, -0.25) is 4.68 Å². The molecule has 98 valence electrons. The Bertz CT molecular complexity index is 495. The molecule has 0 saturated carbocycles. The van der Waals surface area contributed by atoms with Crippen LogP contribution in [0.1, 0.15) is 11.3 Å². The topological polar surface area (TPSA) is 52.0 Å². The molecule has 0 N–H and O–H groups in total. The zero-order valence-corrected chi connectivity index (χ0v) is 10.4. The molecule has 0 aliphatic rings. The van der Waals surface area contributed by atoms with E-state index in [-0.39, 0.29) is 18.0 Å². The minimum absolute atomic E-state index is 0.160. The summed E-state index contributed by atoms with van der Waals surface area (Å²) in [4.78, 5) is 0. The highest BCUT2D eigenvalue weighted by Gasteiger charge is 2.37. The predicted octanol–water partition coefficient (Wildman–Crippen LogP) is 1.69. The lowest BCUT2D eigenvalue weighted by atomic mass is 10.2. The normalized spacial score (nSPS) is 13.0. The number of hydrogen-bond acceptors (Lipinski definition) is 3. The maximum absolute atomic E-state index is 12.7. The van der Waals surface area contributed by atoms with E-state index in [1.54, 1.807) is 0 Å². The van der Waals surface area contributed by atoms with Crippen molar-refractivity contribution in [2.75, 3.05) is 12.0 Å². The molecule has 0 aliphatic heterocycles. The lowest BCUT2D eigenvalue weighted by Crippen LogP contribution is -2.20. The van der Waals surface area contributed by atoms with Gasteiger partial charge < -0.3 is 0 Å². The van der Waals surface area contributed by atoms with Crippen molar-refractivity contribution in [3.8, 4) is 0 Å². The molecular weight excluding hydrogens is 281 g/mol. The summed E-state index contributed by atoms with van der Waals surface area (Å²) in [5, 5.41) is 3.50. The number of halogens is 4. The first-order valence-electron chi connectivity index (χ1n) is 4.50. The van der Waals surface area contributed by atoms with Crippen LogP contribution in [0.25, 0.3) is 0 Å². The number of hydrogen-bond donors (Lipinski definition) is 0. The van der Waals surface area contributed by atoms with Crippen LogP contribution in [0.3, 0.4) is 0 Å². The van der Waals surface area contributed by atoms with E-state index in [1.165, 1.54) is 0 Å². The molecule has 1 heterocycles. The van der Waals surface area contributed by atoms with Gasteiger partial charge in [0.2, 0.25) is 0 Å². The van der Waals surface area contributed by atoms with Crippen molar-refractivity contribution in [2.45, 2.75) is 18.6 Å². The molecule has 0 spiro atoms. The van der Waals surface area contributed by atoms with Crippen LogP contribution >= 0.6 is 11.6 Å². The third kappa shape index (κ3) is 3.88. The van der Waals surface area contributed by atoms with Crippen molar-refractivity contribution in [2.24, 2.45) is 0 Å². The molecule has 0 atom stereocenters. The number of nitrogens with zero attached hydrogens (tertiary/aromatic N) is 2. The van der Waals surface area contributed by atoms with E-state index in [0.29, 0.717) is 4.68 Å². The van der Waals surface area contributed by atoms with Gasteiger partial charge in [0.1, 0.15) is 15.5 Å². The molecule has 0 bridgehead atoms. The van der Waals surface area contributed by atoms with Gasteiger partial charge in [-0.2, -0.15) is 18.3 Å². The second-order valence-electron chi connectivity index (χ2n) is 3.50. The van der Waals surface area contributed by atoms with Crippen molar-refractivity contribution < 1.29 is 21.6 Å². The molecule has 0 saturated heterocycles. The van der Waals surface area contributed by atoms with Gasteiger partial charge in [-0.25, -0.2) is 8.42 Å². The zero-order valence-electron chi connectivity index (χ0n) is 8.83. The third-order valence-electron chi connectivity index (χ3n) is 2.00. The number of aryl methyl sites for hydroxylation is 1. The molecule has 1 rings (SSSR count). The van der Waals surface area contributed by atoms with Crippen molar-refractivity contribution >= 4 is 21.4 Å². The Morgan fingerprint density at radius 1 is 1.47 bits per heavy atom. The molecule has 4 nitrogen and oxygen atoms in total. The van der Waals surface area contributed by atoms with E-state index in [1.807, 2.05) is 0 Å². The molecule has 9 heteroatoms. The Hall–Kier alpha value is -0.760. The molecule has 0 aromatic carbocycles. The van der Waals surface area contributed by atoms with E-state index < -0.39 is 27.5 Å². The highest BCUT2D eigenvalue weighted by molar-refractivity contribution is 7.90. The third-order valence-corrected chi connectivity index (χ3v) is 3.21. The Labute approximate surface area is 101 Å². The first-order chi connectivity index (χ1) is 7.65. The Kier molecular flexibility index (Phi) is 4.08. The monoisotopic (exact) mass is 290 g/mol. The number of alkyl halides is 4. The van der Waals surface area contributed by atoms with Gasteiger partial charge in [-0.05, 0) is 0 Å². The largest absolute Gasteiger partial charge is 0.433 e. The quantitative estimate of drug-likeness (QED) is 0.793. The first kappa shape index (κ1) is 14.3. The van der Waals surface area contributed by atoms with Crippen molar-refractivity contribution in [1.29, 1.82) is 0 Å². The van der Waals surface area contributed by atoms with Crippen LogP contribution in [0.5, 0.6) is 0 Å². The van der Waals surface area contributed by atoms with E-state index in [0.717, 1.165) is 12.5 Å². The minimum Gasteiger partial charge on any atom is -0.259 e. The average Bonchev–Trinajstić information content (AvgIpc) is 2.55. The van der Waals surface area contributed by atoms with Gasteiger partial charge in [0, 0.05) is 11.8 Å². The van der Waals surface area contributed by atoms with Crippen LogP contribution in [0.15, 0.2) is 6.20 Å². The van der Waals surface area contributed by atoms with Crippen molar-refractivity contribution in [3.63, 3.8) is 0 Å². The second-order valence-corrected chi connectivity index (χ2v) is 6.03. The molecule has 0 unspecified atom stereocenters. The van der Waals surface area contributed by atoms with Gasteiger partial charge in [-0.1, -0.05) is 0 Å². The molecule has 17 heavy (non-hydrogen) atoms. The van der Waals surface area contributed by atoms with Crippen molar-refractivity contribution in [3.05, 3.63) is 17.5 Å². The summed E-state index contributed by atoms with van der Waals surface area (Å²) in [6.07, 6.45) is -2.65. The Balaban J connectivity index is 3.05. The molecule has 0 fully saturated rings. The maximum Gasteiger partial charge on any atom is 0.433 e. The van der Waals surface area contributed by atoms with Crippen LogP contribution < -0.4 is 0 Å². The minimum atomic E-state index is -4.60. The number of aromatic nitrogens is 2. The molecule has 1 aromatic heterocycles. The van der Waals surface area contributed by atoms with Crippen molar-refractivity contribution in [1.82, 2.24) is 9.78 Å². The van der Waals surface area contributed by atoms with Crippen LogP contribution in [-0.4, -0.2) is 30.2 Å². The fourth-order valence-corrected chi connectivity index (χ4v) is 1.97. The summed E-state index contributed by atoms with van der Waals surface area (Å²) in [7, 11) is -3.34. The highest BCUT2D eigenvalue weighted by atomic mass is 35.5. The molecule has 0 amide bonds. The summed E-state index contributed by atoms with van der Waals surface area (Å²) >= 11 is 5.37. The maximum atomic E-state index is 12.7. The Morgan fingerprint density at radius 2 is 2.06 bits per heavy atom. The number of rotatable bonds is 4. The SMILES string of the molecule is CS(=O)(=O)CCn1ncc(CCl)c1C(F)(F)F. The van der Waals surface area contributed by atoms with Crippen LogP contribution in [0.2, 0.25) is 0 Å². The van der Waals surface area contributed by atoms with Gasteiger partial charge in [-0.15, -0.1) is 11.6 Å². The van der Waals surface area contributed by atoms with Gasteiger partial charge in [0.05, 0.1) is 24.4 Å². The second kappa shape index (κ2) is 4.85. The summed E-state index contributed by atoms with van der Waals surface area (Å²) in [5.41, 5.74) is -1.15. The fraction of sp³-hybridized carbons (Fsp3) is 0.625. The molecule has 0 aliphatic carbocycles. The summed E-state index contributed by atoms with van der Waals surface area (Å²) in [6.45, 7) is -0.343. The predicted molar refractivity (Wildman–Crippen MR) is 56.5 cm³/mol. The van der Waals surface area contributed by atoms with E-state index in [4.69, 9.17) is 11.6 Å². The number of sulfone groups is 1. The average molecular weight is 291 g/mol. The summed E-state index contributed by atoms with van der Waals surface area (Å²) in [6, 6.07) is 0. The van der Waals surface area contributed by atoms with Gasteiger partial charge >= 0.3 is 6.18 Å². The Morgan fingerprint density at radius 3 is 2.47 bits per heavy atom. The highest BCUT2D eigenvalue weighted by Crippen LogP contribution is 2.32. The van der Waals surface area contributed by atoms with E-state index in [9.17, 15) is 21.6 Å². The standard InChI is InChI=1S/C8H10ClF3N2O2S/c1-17(15,16)3-2-14-7(8(10,11)12)6(4-9)5-13-14/h5H,2-4H2,1H3. The van der Waals surface area contributed by atoms with Crippen LogP contribution in [0.4, 0.5) is 13.2 Å². The summed E-state index contributed by atoms with van der Waals surface area (Å²) < 4.78 is 60.5. The molecule has 0 radical (unpaired) electrons. The molecular formula is C8H10ClF3N2O2S. The van der Waals surface area contributed by atoms with E-state index in [2.05, 4.69) is 5.10 Å². The lowest BCUT2D eigenvalue weighted by molar-refractivity contribution is -0.144. The first-order valence-corrected chi connectivity index (χ1v) is 7.10. The van der Waals surface area contributed by atoms with Crippen LogP contribution in [0, 0.1) is 0 Å². The lowest BCUT2D eigenvalue weighted by Gasteiger charge is -2.11. The summed E-state index contributed by atoms with van der Waals surface area (Å²) in [5.74, 6) is -0.729. The smallest absolute Gasteiger partial charge is 0.259 e. The fourth-order valence-electron chi connectivity index (χ4n) is 1.27. The molecule has 1 aromatic rings. The van der Waals surface area contributed by atoms with Crippen LogP contribution in [-0.2, 0) is 28.4 Å². The van der Waals surface area contributed by atoms with Gasteiger partial charge in [0.15, 0.2) is 0 Å². The van der Waals surface area contributed by atoms with Gasteiger partial charge in [0.25, 0.3) is 0 Å². The van der Waals surface area contributed by atoms with E-state index >= 15 is 0 Å². The zero-order chi connectivity index (χ0) is 13.3.